The molecule has 0 amide bonds. The number of nitrogens with one attached hydrogen (secondary N) is 1. The number of H-pyrrole nitrogens is 1. The van der Waals surface area contributed by atoms with Crippen LogP contribution >= 0.6 is 0 Å². The maximum Gasteiger partial charge on any atom is 0.356 e. The first-order chi connectivity index (χ1) is 13.8. The Bertz CT molecular complexity index is 857. The van der Waals surface area contributed by atoms with E-state index in [1.54, 1.807) is 0 Å². The second-order valence-electron chi connectivity index (χ2n) is 11.8. The number of nitrogens with zero attached hydrogens (tertiary/aromatic N) is 1. The average molecular weight is 395 g/mol. The van der Waals surface area contributed by atoms with Gasteiger partial charge in [0, 0.05) is 5.69 Å². The number of carbonyl (C=O) groups is 1. The highest BCUT2D eigenvalue weighted by molar-refractivity contribution is 5.87. The van der Waals surface area contributed by atoms with E-state index in [2.05, 4.69) is 29.9 Å². The van der Waals surface area contributed by atoms with Crippen LogP contribution in [0.1, 0.15) is 93.6 Å². The number of hydrogen-bond donors (Lipinski definition) is 2. The molecule has 2 atom stereocenters. The van der Waals surface area contributed by atoms with E-state index in [-0.39, 0.29) is 5.69 Å². The molecule has 156 valence electrons. The Labute approximate surface area is 173 Å². The van der Waals surface area contributed by atoms with E-state index in [1.165, 1.54) is 50.5 Å². The first kappa shape index (κ1) is 18.2. The number of allylic oxidation sites excluding steroid dienone is 2. The molecule has 0 aromatic carbocycles. The minimum absolute atomic E-state index is 0.268. The van der Waals surface area contributed by atoms with Gasteiger partial charge in [0.05, 0.1) is 0 Å². The van der Waals surface area contributed by atoms with Crippen LogP contribution < -0.4 is 0 Å². The summed E-state index contributed by atoms with van der Waals surface area (Å²) in [7, 11) is 0. The second-order valence-corrected chi connectivity index (χ2v) is 11.8. The van der Waals surface area contributed by atoms with Crippen LogP contribution in [0.2, 0.25) is 0 Å². The number of aromatic carboxylic acids is 1. The summed E-state index contributed by atoms with van der Waals surface area (Å²) in [5, 5.41) is 9.81. The highest BCUT2D eigenvalue weighted by Gasteiger charge is 2.52. The van der Waals surface area contributed by atoms with Gasteiger partial charge in [0.15, 0.2) is 5.69 Å². The third-order valence-corrected chi connectivity index (χ3v) is 9.79. The Hall–Kier alpha value is -1.58. The molecule has 1 aromatic heterocycles. The number of carboxylic acid groups (broad SMARTS) is 1. The first-order valence-electron chi connectivity index (χ1n) is 11.9. The van der Waals surface area contributed by atoms with E-state index < -0.39 is 5.97 Å². The van der Waals surface area contributed by atoms with Gasteiger partial charge >= 0.3 is 5.97 Å². The number of aromatic amines is 1. The fraction of sp³-hybridized carbons (Fsp3) is 0.760. The van der Waals surface area contributed by atoms with Gasteiger partial charge in [0.1, 0.15) is 5.82 Å². The summed E-state index contributed by atoms with van der Waals surface area (Å²) < 4.78 is 0. The van der Waals surface area contributed by atoms with Crippen LogP contribution in [-0.2, 0) is 6.42 Å². The molecule has 2 N–H and O–H groups in total. The lowest BCUT2D eigenvalue weighted by Gasteiger charge is -2.57. The van der Waals surface area contributed by atoms with Gasteiger partial charge in [-0.3, -0.25) is 0 Å². The van der Waals surface area contributed by atoms with Gasteiger partial charge in [0.25, 0.3) is 0 Å². The van der Waals surface area contributed by atoms with Crippen LogP contribution in [0.4, 0.5) is 0 Å². The van der Waals surface area contributed by atoms with Gasteiger partial charge in [-0.25, -0.2) is 9.78 Å². The predicted octanol–water partition coefficient (Wildman–Crippen LogP) is 5.71. The zero-order valence-corrected chi connectivity index (χ0v) is 17.8. The van der Waals surface area contributed by atoms with Crippen molar-refractivity contribution in [2.45, 2.75) is 78.1 Å². The SMILES string of the molecule is CC1(C)C2CC=C(c3nc(C(=O)O)c(CCC45CC6CC(CC(C6)C4)C5)[nH]3)C1C2. The normalized spacial score (nSPS) is 41.2. The van der Waals surface area contributed by atoms with Crippen LogP contribution in [0.5, 0.6) is 0 Å². The molecule has 1 aromatic rings. The summed E-state index contributed by atoms with van der Waals surface area (Å²) in [6, 6.07) is 0. The van der Waals surface area contributed by atoms with Gasteiger partial charge in [0.2, 0.25) is 0 Å². The fourth-order valence-corrected chi connectivity index (χ4v) is 8.51. The lowest BCUT2D eigenvalue weighted by atomic mass is 9.48. The summed E-state index contributed by atoms with van der Waals surface area (Å²) in [5.74, 6) is 4.08. The van der Waals surface area contributed by atoms with Crippen LogP contribution in [-0.4, -0.2) is 21.0 Å². The average Bonchev–Trinajstić information content (AvgIpc) is 3.10. The van der Waals surface area contributed by atoms with Gasteiger partial charge in [-0.15, -0.1) is 0 Å². The molecule has 1 heterocycles. The van der Waals surface area contributed by atoms with E-state index in [9.17, 15) is 9.90 Å². The van der Waals surface area contributed by atoms with Crippen molar-refractivity contribution in [3.05, 3.63) is 23.3 Å². The smallest absolute Gasteiger partial charge is 0.356 e. The summed E-state index contributed by atoms with van der Waals surface area (Å²) in [6.07, 6.45) is 15.1. The molecule has 0 spiro atoms. The molecule has 5 saturated carbocycles. The third-order valence-electron chi connectivity index (χ3n) is 9.79. The van der Waals surface area contributed by atoms with Gasteiger partial charge < -0.3 is 10.1 Å². The van der Waals surface area contributed by atoms with Crippen LogP contribution in [0.15, 0.2) is 6.08 Å². The molecule has 4 heteroatoms. The standard InChI is InChI=1S/C25H34N2O2/c1-24(2)17-3-4-18(19(24)10-17)22-26-20(21(27-22)23(28)29)5-6-25-11-14-7-15(12-25)9-16(8-14)13-25/h4,14-17,19H,3,5-13H2,1-2H3,(H,26,27)(H,28,29). The maximum absolute atomic E-state index is 12.0. The van der Waals surface area contributed by atoms with Gasteiger partial charge in [-0.1, -0.05) is 19.9 Å². The molecule has 0 aliphatic heterocycles. The quantitative estimate of drug-likeness (QED) is 0.672. The maximum atomic E-state index is 12.0. The molecule has 7 aliphatic carbocycles. The Kier molecular flexibility index (Phi) is 3.76. The number of fused-ring (bicyclic) bond motifs is 1. The first-order valence-corrected chi connectivity index (χ1v) is 11.9. The van der Waals surface area contributed by atoms with Crippen molar-refractivity contribution in [1.29, 1.82) is 0 Å². The Morgan fingerprint density at radius 1 is 1.14 bits per heavy atom. The fourth-order valence-electron chi connectivity index (χ4n) is 8.51. The summed E-state index contributed by atoms with van der Waals surface area (Å²) in [5.41, 5.74) is 3.19. The third kappa shape index (κ3) is 2.70. The van der Waals surface area contributed by atoms with Crippen molar-refractivity contribution < 1.29 is 9.90 Å². The lowest BCUT2D eigenvalue weighted by Crippen LogP contribution is -2.47. The molecule has 8 rings (SSSR count). The number of aryl methyl sites for hydroxylation is 1. The second kappa shape index (κ2) is 5.98. The van der Waals surface area contributed by atoms with Crippen LogP contribution in [0.25, 0.3) is 5.57 Å². The zero-order valence-electron chi connectivity index (χ0n) is 17.8. The Balaban J connectivity index is 1.25. The minimum atomic E-state index is -0.879. The van der Waals surface area contributed by atoms with Crippen LogP contribution in [0.3, 0.4) is 0 Å². The largest absolute Gasteiger partial charge is 0.476 e. The Morgan fingerprint density at radius 3 is 2.34 bits per heavy atom. The highest BCUT2D eigenvalue weighted by Crippen LogP contribution is 2.62. The van der Waals surface area contributed by atoms with E-state index in [0.29, 0.717) is 16.7 Å². The lowest BCUT2D eigenvalue weighted by molar-refractivity contribution is -0.0571. The summed E-state index contributed by atoms with van der Waals surface area (Å²) in [6.45, 7) is 4.71. The van der Waals surface area contributed by atoms with E-state index in [0.717, 1.165) is 54.5 Å². The zero-order chi connectivity index (χ0) is 20.0. The van der Waals surface area contributed by atoms with Crippen molar-refractivity contribution in [1.82, 2.24) is 9.97 Å². The van der Waals surface area contributed by atoms with E-state index in [4.69, 9.17) is 0 Å². The van der Waals surface area contributed by atoms with Gasteiger partial charge in [-0.05, 0) is 110 Å². The number of carboxylic acids is 1. The highest BCUT2D eigenvalue weighted by atomic mass is 16.4. The molecule has 5 fully saturated rings. The molecular formula is C25H34N2O2. The van der Waals surface area contributed by atoms with Crippen molar-refractivity contribution >= 4 is 11.5 Å². The molecule has 2 unspecified atom stereocenters. The van der Waals surface area contributed by atoms with Crippen molar-refractivity contribution in [3.8, 4) is 0 Å². The summed E-state index contributed by atoms with van der Waals surface area (Å²) in [4.78, 5) is 20.1. The van der Waals surface area contributed by atoms with E-state index >= 15 is 0 Å². The molecule has 0 saturated heterocycles. The molecular weight excluding hydrogens is 360 g/mol. The molecule has 0 radical (unpaired) electrons. The molecule has 4 nitrogen and oxygen atoms in total. The Morgan fingerprint density at radius 2 is 1.79 bits per heavy atom. The molecule has 6 bridgehead atoms. The number of aromatic nitrogens is 2. The van der Waals surface area contributed by atoms with E-state index in [1.807, 2.05) is 0 Å². The number of hydrogen-bond acceptors (Lipinski definition) is 2. The molecule has 29 heavy (non-hydrogen) atoms. The van der Waals surface area contributed by atoms with Crippen LogP contribution in [0, 0.1) is 40.4 Å². The minimum Gasteiger partial charge on any atom is -0.476 e. The topological polar surface area (TPSA) is 66.0 Å². The number of imidazole rings is 1. The van der Waals surface area contributed by atoms with Crippen molar-refractivity contribution in [2.75, 3.05) is 0 Å². The number of rotatable bonds is 5. The predicted molar refractivity (Wildman–Crippen MR) is 112 cm³/mol. The van der Waals surface area contributed by atoms with Gasteiger partial charge in [-0.2, -0.15) is 0 Å². The van der Waals surface area contributed by atoms with Crippen molar-refractivity contribution in [2.24, 2.45) is 40.4 Å². The monoisotopic (exact) mass is 394 g/mol. The summed E-state index contributed by atoms with van der Waals surface area (Å²) >= 11 is 0. The molecule has 7 aliphatic rings. The van der Waals surface area contributed by atoms with Crippen molar-refractivity contribution in [3.63, 3.8) is 0 Å².